The summed E-state index contributed by atoms with van der Waals surface area (Å²) in [5.74, 6) is 2.94. The molecule has 3 heterocycles. The van der Waals surface area contributed by atoms with E-state index in [-0.39, 0.29) is 0 Å². The van der Waals surface area contributed by atoms with Crippen LogP contribution < -0.4 is 20.3 Å². The van der Waals surface area contributed by atoms with Crippen molar-refractivity contribution >= 4 is 23.5 Å². The monoisotopic (exact) mass is 410 g/mol. The molecule has 30 heavy (non-hydrogen) atoms. The molecule has 0 bridgehead atoms. The van der Waals surface area contributed by atoms with E-state index in [9.17, 15) is 0 Å². The van der Waals surface area contributed by atoms with Crippen LogP contribution in [0.2, 0.25) is 0 Å². The number of likely N-dealkylation sites (N-methyl/N-ethyl adjacent to an activating group) is 1. The highest BCUT2D eigenvalue weighted by atomic mass is 16.5. The molecule has 10 nitrogen and oxygen atoms in total. The standard InChI is InChI=1S/C20H26N8O2/c1-21-18-24-19(26-20(25-18)28-8-7-14(11-28)27(2)3)23-13-5-6-15(16(9-13)29-4)17-10-22-12-30-17/h5-6,9-10,12,14H,7-8,11H2,1-4H3,(H2,21,23,24,25,26)/t14-/m0/s1. The minimum absolute atomic E-state index is 0.465. The van der Waals surface area contributed by atoms with Gasteiger partial charge in [-0.1, -0.05) is 0 Å². The molecule has 0 spiro atoms. The van der Waals surface area contributed by atoms with Crippen LogP contribution in [-0.2, 0) is 0 Å². The minimum Gasteiger partial charge on any atom is -0.496 e. The quantitative estimate of drug-likeness (QED) is 0.603. The Kier molecular flexibility index (Phi) is 5.66. The summed E-state index contributed by atoms with van der Waals surface area (Å²) in [6.07, 6.45) is 4.13. The largest absolute Gasteiger partial charge is 0.496 e. The molecular weight excluding hydrogens is 384 g/mol. The topological polar surface area (TPSA) is 104 Å². The summed E-state index contributed by atoms with van der Waals surface area (Å²) < 4.78 is 10.9. The minimum atomic E-state index is 0.465. The van der Waals surface area contributed by atoms with E-state index in [1.54, 1.807) is 20.4 Å². The van der Waals surface area contributed by atoms with E-state index in [1.807, 2.05) is 18.2 Å². The number of hydrogen-bond acceptors (Lipinski definition) is 10. The van der Waals surface area contributed by atoms with Crippen LogP contribution in [0.3, 0.4) is 0 Å². The van der Waals surface area contributed by atoms with E-state index >= 15 is 0 Å². The Balaban J connectivity index is 1.58. The van der Waals surface area contributed by atoms with Gasteiger partial charge in [0.2, 0.25) is 17.8 Å². The lowest BCUT2D eigenvalue weighted by molar-refractivity contribution is 0.315. The highest BCUT2D eigenvalue weighted by molar-refractivity contribution is 5.71. The van der Waals surface area contributed by atoms with E-state index in [0.717, 1.165) is 30.8 Å². The number of hydrogen-bond donors (Lipinski definition) is 2. The third-order valence-corrected chi connectivity index (χ3v) is 5.18. The van der Waals surface area contributed by atoms with Crippen molar-refractivity contribution in [1.29, 1.82) is 0 Å². The number of rotatable bonds is 7. The number of nitrogens with zero attached hydrogens (tertiary/aromatic N) is 6. The van der Waals surface area contributed by atoms with Crippen LogP contribution in [0.25, 0.3) is 11.3 Å². The first kappa shape index (κ1) is 19.9. The Morgan fingerprint density at radius 1 is 1.20 bits per heavy atom. The fourth-order valence-electron chi connectivity index (χ4n) is 3.47. The summed E-state index contributed by atoms with van der Waals surface area (Å²) in [7, 11) is 7.62. The predicted molar refractivity (Wildman–Crippen MR) is 115 cm³/mol. The first-order valence-electron chi connectivity index (χ1n) is 9.76. The molecular formula is C20H26N8O2. The van der Waals surface area contributed by atoms with Gasteiger partial charge in [-0.05, 0) is 32.6 Å². The van der Waals surface area contributed by atoms with Gasteiger partial charge in [-0.15, -0.1) is 0 Å². The molecule has 0 amide bonds. The average Bonchev–Trinajstić information content (AvgIpc) is 3.45. The maximum absolute atomic E-state index is 5.53. The maximum Gasteiger partial charge on any atom is 0.233 e. The van der Waals surface area contributed by atoms with Gasteiger partial charge < -0.3 is 29.6 Å². The molecule has 0 unspecified atom stereocenters. The van der Waals surface area contributed by atoms with Crippen molar-refractivity contribution in [3.8, 4) is 17.1 Å². The fraction of sp³-hybridized carbons (Fsp3) is 0.400. The van der Waals surface area contributed by atoms with Crippen molar-refractivity contribution in [1.82, 2.24) is 24.8 Å². The molecule has 1 fully saturated rings. The van der Waals surface area contributed by atoms with E-state index < -0.39 is 0 Å². The molecule has 1 aromatic carbocycles. The first-order valence-corrected chi connectivity index (χ1v) is 9.76. The third-order valence-electron chi connectivity index (χ3n) is 5.18. The third kappa shape index (κ3) is 4.13. The van der Waals surface area contributed by atoms with Gasteiger partial charge in [0.15, 0.2) is 12.2 Å². The van der Waals surface area contributed by atoms with Crippen LogP contribution in [0.15, 0.2) is 35.2 Å². The summed E-state index contributed by atoms with van der Waals surface area (Å²) >= 11 is 0. The predicted octanol–water partition coefficient (Wildman–Crippen LogP) is 2.46. The molecule has 2 aromatic heterocycles. The van der Waals surface area contributed by atoms with Crippen molar-refractivity contribution in [2.24, 2.45) is 0 Å². The first-order chi connectivity index (χ1) is 14.6. The SMILES string of the molecule is CNc1nc(Nc2ccc(-c3cnco3)c(OC)c2)nc(N2CC[C@H](N(C)C)C2)n1. The summed E-state index contributed by atoms with van der Waals surface area (Å²) in [6, 6.07) is 6.19. The van der Waals surface area contributed by atoms with E-state index in [0.29, 0.717) is 35.4 Å². The molecule has 2 N–H and O–H groups in total. The lowest BCUT2D eigenvalue weighted by atomic mass is 10.1. The number of oxazole rings is 1. The number of ether oxygens (including phenoxy) is 1. The molecule has 0 saturated carbocycles. The van der Waals surface area contributed by atoms with E-state index in [2.05, 4.69) is 54.5 Å². The molecule has 158 valence electrons. The van der Waals surface area contributed by atoms with Gasteiger partial charge in [0, 0.05) is 37.9 Å². The van der Waals surface area contributed by atoms with Gasteiger partial charge in [0.1, 0.15) is 5.75 Å². The van der Waals surface area contributed by atoms with Crippen LogP contribution in [0, 0.1) is 0 Å². The molecule has 3 aromatic rings. The van der Waals surface area contributed by atoms with Crippen LogP contribution in [0.4, 0.5) is 23.5 Å². The number of nitrogens with one attached hydrogen (secondary N) is 2. The van der Waals surface area contributed by atoms with Gasteiger partial charge in [-0.2, -0.15) is 15.0 Å². The maximum atomic E-state index is 5.53. The number of methoxy groups -OCH3 is 1. The van der Waals surface area contributed by atoms with Crippen molar-refractivity contribution in [3.63, 3.8) is 0 Å². The smallest absolute Gasteiger partial charge is 0.233 e. The van der Waals surface area contributed by atoms with Crippen molar-refractivity contribution in [2.45, 2.75) is 12.5 Å². The Labute approximate surface area is 175 Å². The second-order valence-corrected chi connectivity index (χ2v) is 7.29. The average molecular weight is 410 g/mol. The highest BCUT2D eigenvalue weighted by Crippen LogP contribution is 2.33. The molecule has 10 heteroatoms. The Bertz CT molecular complexity index is 992. The lowest BCUT2D eigenvalue weighted by Gasteiger charge is -2.21. The number of aromatic nitrogens is 4. The molecule has 0 aliphatic carbocycles. The molecule has 1 saturated heterocycles. The summed E-state index contributed by atoms with van der Waals surface area (Å²) in [6.45, 7) is 1.80. The zero-order valence-corrected chi connectivity index (χ0v) is 17.6. The summed E-state index contributed by atoms with van der Waals surface area (Å²) in [5.41, 5.74) is 1.61. The lowest BCUT2D eigenvalue weighted by Crippen LogP contribution is -2.32. The van der Waals surface area contributed by atoms with Gasteiger partial charge in [-0.3, -0.25) is 0 Å². The second-order valence-electron chi connectivity index (χ2n) is 7.29. The Hall–Kier alpha value is -3.40. The summed E-state index contributed by atoms with van der Waals surface area (Å²) in [5, 5.41) is 6.28. The Morgan fingerprint density at radius 2 is 2.03 bits per heavy atom. The summed E-state index contributed by atoms with van der Waals surface area (Å²) in [4.78, 5) is 22.0. The van der Waals surface area contributed by atoms with Crippen molar-refractivity contribution in [2.75, 3.05) is 56.9 Å². The molecule has 1 atom stereocenters. The molecule has 4 rings (SSSR count). The second kappa shape index (κ2) is 8.54. The molecule has 0 radical (unpaired) electrons. The van der Waals surface area contributed by atoms with Crippen molar-refractivity contribution in [3.05, 3.63) is 30.8 Å². The number of benzene rings is 1. The van der Waals surface area contributed by atoms with Crippen LogP contribution in [0.5, 0.6) is 5.75 Å². The van der Waals surface area contributed by atoms with E-state index in [1.165, 1.54) is 6.39 Å². The number of anilines is 4. The fourth-order valence-corrected chi connectivity index (χ4v) is 3.47. The van der Waals surface area contributed by atoms with Gasteiger partial charge in [0.25, 0.3) is 0 Å². The zero-order valence-electron chi connectivity index (χ0n) is 17.6. The normalized spacial score (nSPS) is 16.2. The van der Waals surface area contributed by atoms with Gasteiger partial charge in [0.05, 0.1) is 18.9 Å². The molecule has 1 aliphatic rings. The van der Waals surface area contributed by atoms with Crippen molar-refractivity contribution < 1.29 is 9.15 Å². The van der Waals surface area contributed by atoms with Gasteiger partial charge >= 0.3 is 0 Å². The van der Waals surface area contributed by atoms with Crippen LogP contribution in [-0.4, -0.2) is 72.2 Å². The van der Waals surface area contributed by atoms with E-state index in [4.69, 9.17) is 9.15 Å². The highest BCUT2D eigenvalue weighted by Gasteiger charge is 2.26. The Morgan fingerprint density at radius 3 is 2.70 bits per heavy atom. The molecule has 1 aliphatic heterocycles. The zero-order chi connectivity index (χ0) is 21.1. The van der Waals surface area contributed by atoms with Gasteiger partial charge in [-0.25, -0.2) is 4.98 Å². The van der Waals surface area contributed by atoms with Crippen LogP contribution >= 0.6 is 0 Å². The van der Waals surface area contributed by atoms with Crippen LogP contribution in [0.1, 0.15) is 6.42 Å².